The Morgan fingerprint density at radius 3 is 3.12 bits per heavy atom. The fourth-order valence-corrected chi connectivity index (χ4v) is 2.65. The van der Waals surface area contributed by atoms with Crippen LogP contribution in [0, 0.1) is 5.92 Å². The molecule has 1 aliphatic heterocycles. The van der Waals surface area contributed by atoms with E-state index < -0.39 is 0 Å². The second-order valence-corrected chi connectivity index (χ2v) is 5.02. The molecule has 0 N–H and O–H groups in total. The number of aromatic nitrogens is 1. The number of hydrogen-bond acceptors (Lipinski definition) is 2. The molecule has 1 saturated heterocycles. The van der Waals surface area contributed by atoms with Gasteiger partial charge in [-0.25, -0.2) is 4.98 Å². The summed E-state index contributed by atoms with van der Waals surface area (Å²) in [6.45, 7) is 5.64. The molecular formula is C13H19ClN2. The summed E-state index contributed by atoms with van der Waals surface area (Å²) in [4.78, 5) is 6.82. The maximum Gasteiger partial charge on any atom is 0.129 e. The molecule has 88 valence electrons. The molecule has 1 unspecified atom stereocenters. The van der Waals surface area contributed by atoms with Gasteiger partial charge >= 0.3 is 0 Å². The molecule has 1 aromatic heterocycles. The van der Waals surface area contributed by atoms with Crippen molar-refractivity contribution in [3.63, 3.8) is 0 Å². The van der Waals surface area contributed by atoms with Crippen molar-refractivity contribution in [2.75, 3.05) is 13.1 Å². The molecule has 0 bridgehead atoms. The van der Waals surface area contributed by atoms with Gasteiger partial charge in [-0.1, -0.05) is 31.0 Å². The SMILES string of the molecule is CCCC1CCN(Cc2cccc(Cl)n2)C1. The van der Waals surface area contributed by atoms with Crippen LogP contribution in [0.3, 0.4) is 0 Å². The van der Waals surface area contributed by atoms with Crippen molar-refractivity contribution in [1.29, 1.82) is 0 Å². The van der Waals surface area contributed by atoms with Gasteiger partial charge in [-0.3, -0.25) is 4.90 Å². The molecule has 1 aliphatic rings. The van der Waals surface area contributed by atoms with Crippen LogP contribution >= 0.6 is 11.6 Å². The molecule has 2 heterocycles. The van der Waals surface area contributed by atoms with Gasteiger partial charge in [0.15, 0.2) is 0 Å². The van der Waals surface area contributed by atoms with E-state index in [1.54, 1.807) is 0 Å². The zero-order valence-electron chi connectivity index (χ0n) is 9.82. The highest BCUT2D eigenvalue weighted by Crippen LogP contribution is 2.22. The van der Waals surface area contributed by atoms with Crippen molar-refractivity contribution >= 4 is 11.6 Å². The van der Waals surface area contributed by atoms with E-state index in [1.165, 1.54) is 32.4 Å². The molecule has 16 heavy (non-hydrogen) atoms. The van der Waals surface area contributed by atoms with Crippen molar-refractivity contribution < 1.29 is 0 Å². The Morgan fingerprint density at radius 1 is 1.50 bits per heavy atom. The minimum absolute atomic E-state index is 0.599. The Balaban J connectivity index is 1.87. The molecule has 0 radical (unpaired) electrons. The first-order chi connectivity index (χ1) is 7.78. The molecule has 0 spiro atoms. The maximum atomic E-state index is 5.88. The van der Waals surface area contributed by atoms with E-state index in [0.717, 1.165) is 18.2 Å². The zero-order chi connectivity index (χ0) is 11.4. The Kier molecular flexibility index (Phi) is 4.19. The van der Waals surface area contributed by atoms with Gasteiger partial charge in [-0.15, -0.1) is 0 Å². The predicted molar refractivity (Wildman–Crippen MR) is 67.5 cm³/mol. The number of halogens is 1. The van der Waals surface area contributed by atoms with E-state index in [9.17, 15) is 0 Å². The minimum Gasteiger partial charge on any atom is -0.297 e. The number of pyridine rings is 1. The molecule has 0 saturated carbocycles. The van der Waals surface area contributed by atoms with Gasteiger partial charge in [0.2, 0.25) is 0 Å². The third kappa shape index (κ3) is 3.19. The van der Waals surface area contributed by atoms with Gasteiger partial charge in [-0.05, 0) is 37.4 Å². The fourth-order valence-electron chi connectivity index (χ4n) is 2.47. The van der Waals surface area contributed by atoms with Crippen LogP contribution in [0.15, 0.2) is 18.2 Å². The Hall–Kier alpha value is -0.600. The van der Waals surface area contributed by atoms with E-state index in [0.29, 0.717) is 5.15 Å². The Bertz CT molecular complexity index is 340. The summed E-state index contributed by atoms with van der Waals surface area (Å²) in [6.07, 6.45) is 4.00. The average Bonchev–Trinajstić information content (AvgIpc) is 2.66. The second kappa shape index (κ2) is 5.65. The van der Waals surface area contributed by atoms with E-state index >= 15 is 0 Å². The van der Waals surface area contributed by atoms with E-state index in [4.69, 9.17) is 11.6 Å². The molecule has 1 aromatic rings. The Labute approximate surface area is 103 Å². The lowest BCUT2D eigenvalue weighted by Crippen LogP contribution is -2.20. The molecule has 0 amide bonds. The van der Waals surface area contributed by atoms with Crippen molar-refractivity contribution in [3.8, 4) is 0 Å². The highest BCUT2D eigenvalue weighted by molar-refractivity contribution is 6.29. The number of hydrogen-bond donors (Lipinski definition) is 0. The van der Waals surface area contributed by atoms with Crippen molar-refractivity contribution in [3.05, 3.63) is 29.0 Å². The van der Waals surface area contributed by atoms with Crippen LogP contribution < -0.4 is 0 Å². The fraction of sp³-hybridized carbons (Fsp3) is 0.615. The first kappa shape index (κ1) is 11.9. The molecule has 3 heteroatoms. The zero-order valence-corrected chi connectivity index (χ0v) is 10.6. The van der Waals surface area contributed by atoms with Crippen LogP contribution in [0.4, 0.5) is 0 Å². The lowest BCUT2D eigenvalue weighted by molar-refractivity contribution is 0.309. The van der Waals surface area contributed by atoms with Crippen molar-refractivity contribution in [1.82, 2.24) is 9.88 Å². The van der Waals surface area contributed by atoms with E-state index in [1.807, 2.05) is 12.1 Å². The third-order valence-electron chi connectivity index (χ3n) is 3.23. The highest BCUT2D eigenvalue weighted by Gasteiger charge is 2.21. The Morgan fingerprint density at radius 2 is 2.38 bits per heavy atom. The lowest BCUT2D eigenvalue weighted by atomic mass is 10.0. The quantitative estimate of drug-likeness (QED) is 0.748. The summed E-state index contributed by atoms with van der Waals surface area (Å²) < 4.78 is 0. The van der Waals surface area contributed by atoms with Crippen LogP contribution in [0.1, 0.15) is 31.9 Å². The van der Waals surface area contributed by atoms with Crippen LogP contribution in [-0.2, 0) is 6.54 Å². The van der Waals surface area contributed by atoms with Gasteiger partial charge in [0.25, 0.3) is 0 Å². The molecule has 1 fully saturated rings. The smallest absolute Gasteiger partial charge is 0.129 e. The summed E-state index contributed by atoms with van der Waals surface area (Å²) in [5, 5.41) is 0.599. The summed E-state index contributed by atoms with van der Waals surface area (Å²) in [5.41, 5.74) is 1.09. The monoisotopic (exact) mass is 238 g/mol. The summed E-state index contributed by atoms with van der Waals surface area (Å²) >= 11 is 5.88. The van der Waals surface area contributed by atoms with Crippen LogP contribution in [0.5, 0.6) is 0 Å². The lowest BCUT2D eigenvalue weighted by Gasteiger charge is -2.15. The summed E-state index contributed by atoms with van der Waals surface area (Å²) in [7, 11) is 0. The van der Waals surface area contributed by atoms with Crippen LogP contribution in [0.2, 0.25) is 5.15 Å². The number of likely N-dealkylation sites (tertiary alicyclic amines) is 1. The molecule has 0 aliphatic carbocycles. The molecule has 0 aromatic carbocycles. The molecule has 2 nitrogen and oxygen atoms in total. The topological polar surface area (TPSA) is 16.1 Å². The highest BCUT2D eigenvalue weighted by atomic mass is 35.5. The van der Waals surface area contributed by atoms with Gasteiger partial charge in [0.05, 0.1) is 5.69 Å². The second-order valence-electron chi connectivity index (χ2n) is 4.63. The van der Waals surface area contributed by atoms with Crippen LogP contribution in [-0.4, -0.2) is 23.0 Å². The first-order valence-electron chi connectivity index (χ1n) is 6.11. The van der Waals surface area contributed by atoms with Gasteiger partial charge in [0, 0.05) is 13.1 Å². The maximum absolute atomic E-state index is 5.88. The van der Waals surface area contributed by atoms with Gasteiger partial charge < -0.3 is 0 Å². The molecule has 2 rings (SSSR count). The van der Waals surface area contributed by atoms with Gasteiger partial charge in [0.1, 0.15) is 5.15 Å². The van der Waals surface area contributed by atoms with E-state index in [2.05, 4.69) is 22.9 Å². The van der Waals surface area contributed by atoms with Crippen molar-refractivity contribution in [2.45, 2.75) is 32.7 Å². The molecule has 1 atom stereocenters. The summed E-state index contributed by atoms with van der Waals surface area (Å²) in [6, 6.07) is 5.86. The van der Waals surface area contributed by atoms with E-state index in [-0.39, 0.29) is 0 Å². The third-order valence-corrected chi connectivity index (χ3v) is 3.44. The minimum atomic E-state index is 0.599. The van der Waals surface area contributed by atoms with Gasteiger partial charge in [-0.2, -0.15) is 0 Å². The predicted octanol–water partition coefficient (Wildman–Crippen LogP) is 3.36. The number of nitrogens with zero attached hydrogens (tertiary/aromatic N) is 2. The largest absolute Gasteiger partial charge is 0.297 e. The standard InChI is InChI=1S/C13H19ClN2/c1-2-4-11-7-8-16(9-11)10-12-5-3-6-13(14)15-12/h3,5-6,11H,2,4,7-10H2,1H3. The first-order valence-corrected chi connectivity index (χ1v) is 6.49. The number of rotatable bonds is 4. The van der Waals surface area contributed by atoms with Crippen LogP contribution in [0.25, 0.3) is 0 Å². The molecular weight excluding hydrogens is 220 g/mol. The van der Waals surface area contributed by atoms with Crippen molar-refractivity contribution in [2.24, 2.45) is 5.92 Å². The average molecular weight is 239 g/mol. The summed E-state index contributed by atoms with van der Waals surface area (Å²) in [5.74, 6) is 0.893. The normalized spacial score (nSPS) is 21.5.